The minimum absolute atomic E-state index is 0.121. The number of nitriles is 1. The zero-order valence-corrected chi connectivity index (χ0v) is 19.4. The fourth-order valence-electron chi connectivity index (χ4n) is 3.70. The van der Waals surface area contributed by atoms with Gasteiger partial charge >= 0.3 is 6.09 Å². The highest BCUT2D eigenvalue weighted by Gasteiger charge is 2.36. The number of rotatable bonds is 5. The number of benzene rings is 1. The van der Waals surface area contributed by atoms with E-state index in [2.05, 4.69) is 16.4 Å². The number of carbonyl (C=O) groups excluding carboxylic acids is 2. The van der Waals surface area contributed by atoms with Crippen molar-refractivity contribution in [2.24, 2.45) is 0 Å². The number of pyridine rings is 1. The fraction of sp³-hybridized carbons (Fsp3) is 0.440. The maximum absolute atomic E-state index is 13.5. The fourth-order valence-corrected chi connectivity index (χ4v) is 3.70. The first-order valence-corrected chi connectivity index (χ1v) is 11.0. The van der Waals surface area contributed by atoms with Gasteiger partial charge < -0.3 is 10.1 Å². The molecular formula is C25H29FN4O3. The Labute approximate surface area is 193 Å². The van der Waals surface area contributed by atoms with Crippen molar-refractivity contribution < 1.29 is 18.7 Å². The van der Waals surface area contributed by atoms with Crippen molar-refractivity contribution in [1.82, 2.24) is 15.2 Å². The second kappa shape index (κ2) is 9.99. The molecule has 174 valence electrons. The zero-order chi connectivity index (χ0) is 24.2. The molecule has 1 saturated heterocycles. The second-order valence-electron chi connectivity index (χ2n) is 9.13. The van der Waals surface area contributed by atoms with E-state index in [0.29, 0.717) is 41.8 Å². The smallest absolute Gasteiger partial charge is 0.410 e. The Balaban J connectivity index is 1.72. The number of alkyl halides is 1. The van der Waals surface area contributed by atoms with Crippen molar-refractivity contribution in [2.45, 2.75) is 64.9 Å². The highest BCUT2D eigenvalue weighted by atomic mass is 19.1. The van der Waals surface area contributed by atoms with Crippen LogP contribution in [0, 0.1) is 11.3 Å². The van der Waals surface area contributed by atoms with Crippen molar-refractivity contribution in [3.05, 3.63) is 53.2 Å². The summed E-state index contributed by atoms with van der Waals surface area (Å²) in [5, 5.41) is 12.3. The molecule has 1 aromatic carbocycles. The van der Waals surface area contributed by atoms with Gasteiger partial charge in [0.15, 0.2) is 0 Å². The van der Waals surface area contributed by atoms with Crippen molar-refractivity contribution in [1.29, 1.82) is 5.26 Å². The van der Waals surface area contributed by atoms with Crippen LogP contribution in [0.3, 0.4) is 0 Å². The summed E-state index contributed by atoms with van der Waals surface area (Å²) in [4.78, 5) is 31.1. The van der Waals surface area contributed by atoms with Crippen molar-refractivity contribution in [3.8, 4) is 17.3 Å². The van der Waals surface area contributed by atoms with Gasteiger partial charge in [0.1, 0.15) is 23.9 Å². The van der Waals surface area contributed by atoms with E-state index in [4.69, 9.17) is 4.74 Å². The average Bonchev–Trinajstić information content (AvgIpc) is 3.26. The molecule has 3 rings (SSSR count). The summed E-state index contributed by atoms with van der Waals surface area (Å²) in [5.41, 5.74) is 2.29. The maximum atomic E-state index is 13.5. The van der Waals surface area contributed by atoms with E-state index in [-0.39, 0.29) is 12.5 Å². The third-order valence-electron chi connectivity index (χ3n) is 5.41. The largest absolute Gasteiger partial charge is 0.444 e. The Morgan fingerprint density at radius 1 is 1.33 bits per heavy atom. The van der Waals surface area contributed by atoms with Gasteiger partial charge in [0.25, 0.3) is 0 Å². The van der Waals surface area contributed by atoms with Gasteiger partial charge in [-0.3, -0.25) is 14.7 Å². The van der Waals surface area contributed by atoms with Crippen LogP contribution in [-0.4, -0.2) is 40.1 Å². The quantitative estimate of drug-likeness (QED) is 0.712. The standard InChI is InChI=1S/C25H29FN4O3/c1-16(26)17-7-9-18(10-8-17)21-12-19(20(13-27)15-28-21)14-29-23(31)22-6-5-11-30(22)24(32)33-25(2,3)4/h7-10,12,15-16,22H,5-6,11,14H2,1-4H3,(H,29,31). The van der Waals surface area contributed by atoms with Gasteiger partial charge in [-0.15, -0.1) is 0 Å². The van der Waals surface area contributed by atoms with Crippen LogP contribution in [0.1, 0.15) is 63.4 Å². The number of aromatic nitrogens is 1. The van der Waals surface area contributed by atoms with Crippen LogP contribution < -0.4 is 5.32 Å². The van der Waals surface area contributed by atoms with Crippen molar-refractivity contribution in [2.75, 3.05) is 6.54 Å². The molecule has 2 atom stereocenters. The third-order valence-corrected chi connectivity index (χ3v) is 5.41. The average molecular weight is 453 g/mol. The highest BCUT2D eigenvalue weighted by molar-refractivity contribution is 5.86. The van der Waals surface area contributed by atoms with Crippen LogP contribution in [0.15, 0.2) is 36.5 Å². The molecular weight excluding hydrogens is 423 g/mol. The molecule has 8 heteroatoms. The van der Waals surface area contributed by atoms with Crippen molar-refractivity contribution in [3.63, 3.8) is 0 Å². The lowest BCUT2D eigenvalue weighted by Gasteiger charge is -2.28. The highest BCUT2D eigenvalue weighted by Crippen LogP contribution is 2.24. The van der Waals surface area contributed by atoms with Crippen LogP contribution in [0.4, 0.5) is 9.18 Å². The molecule has 1 fully saturated rings. The van der Waals surface area contributed by atoms with Crippen LogP contribution in [0.2, 0.25) is 0 Å². The molecule has 0 aliphatic carbocycles. The van der Waals surface area contributed by atoms with Crippen LogP contribution in [-0.2, 0) is 16.1 Å². The van der Waals surface area contributed by atoms with Gasteiger partial charge in [-0.05, 0) is 57.7 Å². The SMILES string of the molecule is CC(F)c1ccc(-c2cc(CNC(=O)C3CCCN3C(=O)OC(C)(C)C)c(C#N)cn2)cc1. The lowest BCUT2D eigenvalue weighted by Crippen LogP contribution is -2.47. The number of hydrogen-bond acceptors (Lipinski definition) is 5. The van der Waals surface area contributed by atoms with Crippen LogP contribution >= 0.6 is 0 Å². The minimum Gasteiger partial charge on any atom is -0.444 e. The summed E-state index contributed by atoms with van der Waals surface area (Å²) in [5.74, 6) is -0.290. The molecule has 2 amide bonds. The molecule has 33 heavy (non-hydrogen) atoms. The first-order chi connectivity index (χ1) is 15.6. The number of carbonyl (C=O) groups is 2. The Kier molecular flexibility index (Phi) is 7.32. The van der Waals surface area contributed by atoms with Gasteiger partial charge in [0, 0.05) is 24.8 Å². The molecule has 1 aromatic heterocycles. The van der Waals surface area contributed by atoms with E-state index in [9.17, 15) is 19.2 Å². The summed E-state index contributed by atoms with van der Waals surface area (Å²) in [6.07, 6.45) is 1.17. The molecule has 0 bridgehead atoms. The first kappa shape index (κ1) is 24.2. The van der Waals surface area contributed by atoms with Gasteiger partial charge in [0.05, 0.1) is 11.3 Å². The molecule has 0 radical (unpaired) electrons. The lowest BCUT2D eigenvalue weighted by molar-refractivity contribution is -0.125. The summed E-state index contributed by atoms with van der Waals surface area (Å²) in [6.45, 7) is 7.41. The summed E-state index contributed by atoms with van der Waals surface area (Å²) in [7, 11) is 0. The number of likely N-dealkylation sites (tertiary alicyclic amines) is 1. The Morgan fingerprint density at radius 2 is 2.03 bits per heavy atom. The predicted octanol–water partition coefficient (Wildman–Crippen LogP) is 4.67. The lowest BCUT2D eigenvalue weighted by atomic mass is 10.0. The number of halogens is 1. The Morgan fingerprint density at radius 3 is 2.64 bits per heavy atom. The molecule has 1 aliphatic rings. The molecule has 0 saturated carbocycles. The van der Waals surface area contributed by atoms with E-state index in [0.717, 1.165) is 5.56 Å². The van der Waals surface area contributed by atoms with Gasteiger partial charge in [-0.2, -0.15) is 5.26 Å². The van der Waals surface area contributed by atoms with Gasteiger partial charge in [-0.1, -0.05) is 24.3 Å². The molecule has 2 unspecified atom stereocenters. The Bertz CT molecular complexity index is 1050. The second-order valence-corrected chi connectivity index (χ2v) is 9.13. The van der Waals surface area contributed by atoms with E-state index in [1.165, 1.54) is 18.0 Å². The minimum atomic E-state index is -1.06. The monoisotopic (exact) mass is 452 g/mol. The van der Waals surface area contributed by atoms with E-state index in [1.54, 1.807) is 51.1 Å². The molecule has 2 heterocycles. The number of amides is 2. The third kappa shape index (κ3) is 6.07. The molecule has 1 N–H and O–H groups in total. The predicted molar refractivity (Wildman–Crippen MR) is 122 cm³/mol. The van der Waals surface area contributed by atoms with Crippen LogP contribution in [0.5, 0.6) is 0 Å². The van der Waals surface area contributed by atoms with Gasteiger partial charge in [0.2, 0.25) is 5.91 Å². The summed E-state index contributed by atoms with van der Waals surface area (Å²) >= 11 is 0. The summed E-state index contributed by atoms with van der Waals surface area (Å²) in [6, 6.07) is 10.2. The topological polar surface area (TPSA) is 95.3 Å². The molecule has 2 aromatic rings. The van der Waals surface area contributed by atoms with Crippen molar-refractivity contribution >= 4 is 12.0 Å². The maximum Gasteiger partial charge on any atom is 0.410 e. The molecule has 7 nitrogen and oxygen atoms in total. The first-order valence-electron chi connectivity index (χ1n) is 11.0. The number of ether oxygens (including phenoxy) is 1. The van der Waals surface area contributed by atoms with Crippen LogP contribution in [0.25, 0.3) is 11.3 Å². The number of nitrogens with zero attached hydrogens (tertiary/aromatic N) is 3. The van der Waals surface area contributed by atoms with E-state index >= 15 is 0 Å². The van der Waals surface area contributed by atoms with E-state index < -0.39 is 23.9 Å². The normalized spacial score (nSPS) is 16.7. The molecule has 0 spiro atoms. The number of nitrogens with one attached hydrogen (secondary N) is 1. The van der Waals surface area contributed by atoms with E-state index in [1.807, 2.05) is 0 Å². The number of hydrogen-bond donors (Lipinski definition) is 1. The summed E-state index contributed by atoms with van der Waals surface area (Å²) < 4.78 is 18.9. The van der Waals surface area contributed by atoms with Gasteiger partial charge in [-0.25, -0.2) is 9.18 Å². The Hall–Kier alpha value is -3.47. The molecule has 1 aliphatic heterocycles. The zero-order valence-electron chi connectivity index (χ0n) is 19.4.